The van der Waals surface area contributed by atoms with Gasteiger partial charge in [-0.2, -0.15) is 0 Å². The number of aromatic nitrogens is 2. The molecule has 8 nitrogen and oxygen atoms in total. The number of likely N-dealkylation sites (N-methyl/N-ethyl adjacent to an activating group) is 1. The van der Waals surface area contributed by atoms with Gasteiger partial charge in [0.15, 0.2) is 18.1 Å². The van der Waals surface area contributed by atoms with Gasteiger partial charge in [-0.3, -0.25) is 4.79 Å². The highest BCUT2D eigenvalue weighted by atomic mass is 35.5. The minimum absolute atomic E-state index is 0.0948. The zero-order valence-electron chi connectivity index (χ0n) is 16.8. The number of ether oxygens (including phenoxy) is 3. The number of methoxy groups -OCH3 is 2. The molecule has 0 saturated carbocycles. The molecule has 0 aliphatic rings. The van der Waals surface area contributed by atoms with Crippen LogP contribution in [0.25, 0.3) is 11.5 Å². The normalized spacial score (nSPS) is 10.6. The maximum absolute atomic E-state index is 12.4. The van der Waals surface area contributed by atoms with Crippen LogP contribution in [0.5, 0.6) is 17.2 Å². The summed E-state index contributed by atoms with van der Waals surface area (Å²) in [6.07, 6.45) is 0. The zero-order valence-corrected chi connectivity index (χ0v) is 19.1. The van der Waals surface area contributed by atoms with Crippen molar-refractivity contribution in [3.63, 3.8) is 0 Å². The third kappa shape index (κ3) is 5.52. The molecular weight excluding hydrogens is 469 g/mol. The van der Waals surface area contributed by atoms with Crippen LogP contribution in [-0.2, 0) is 11.3 Å². The van der Waals surface area contributed by atoms with Gasteiger partial charge in [-0.25, -0.2) is 0 Å². The molecule has 1 aromatic heterocycles. The molecular formula is C20H18Cl3N3O5. The Hall–Kier alpha value is -2.68. The molecule has 0 saturated heterocycles. The average molecular weight is 487 g/mol. The van der Waals surface area contributed by atoms with Gasteiger partial charge < -0.3 is 23.5 Å². The lowest BCUT2D eigenvalue weighted by atomic mass is 10.2. The molecule has 0 aliphatic heterocycles. The van der Waals surface area contributed by atoms with Gasteiger partial charge in [0.25, 0.3) is 5.91 Å². The van der Waals surface area contributed by atoms with Gasteiger partial charge in [0.1, 0.15) is 5.75 Å². The summed E-state index contributed by atoms with van der Waals surface area (Å²) in [4.78, 5) is 13.8. The minimum atomic E-state index is -0.326. The van der Waals surface area contributed by atoms with E-state index >= 15 is 0 Å². The summed E-state index contributed by atoms with van der Waals surface area (Å²) in [6, 6.07) is 8.12. The number of nitrogens with zero attached hydrogens (tertiary/aromatic N) is 3. The summed E-state index contributed by atoms with van der Waals surface area (Å²) < 4.78 is 21.6. The summed E-state index contributed by atoms with van der Waals surface area (Å²) in [7, 11) is 4.67. The predicted molar refractivity (Wildman–Crippen MR) is 116 cm³/mol. The van der Waals surface area contributed by atoms with Crippen molar-refractivity contribution in [2.75, 3.05) is 27.9 Å². The van der Waals surface area contributed by atoms with E-state index in [1.54, 1.807) is 32.4 Å². The Morgan fingerprint density at radius 1 is 0.968 bits per heavy atom. The largest absolute Gasteiger partial charge is 0.493 e. The molecule has 3 aromatic rings. The summed E-state index contributed by atoms with van der Waals surface area (Å²) in [5.41, 5.74) is 0.656. The first-order valence-corrected chi connectivity index (χ1v) is 10.0. The Balaban J connectivity index is 1.62. The van der Waals surface area contributed by atoms with Crippen LogP contribution in [0.4, 0.5) is 0 Å². The van der Waals surface area contributed by atoms with Crippen LogP contribution < -0.4 is 14.2 Å². The Labute approximate surface area is 193 Å². The van der Waals surface area contributed by atoms with Crippen LogP contribution in [0.1, 0.15) is 5.89 Å². The van der Waals surface area contributed by atoms with Gasteiger partial charge in [0, 0.05) is 18.7 Å². The molecule has 0 fully saturated rings. The lowest BCUT2D eigenvalue weighted by Crippen LogP contribution is -2.31. The zero-order chi connectivity index (χ0) is 22.5. The molecule has 2 aromatic carbocycles. The Morgan fingerprint density at radius 2 is 1.68 bits per heavy atom. The highest BCUT2D eigenvalue weighted by Crippen LogP contribution is 2.34. The Kier molecular flexibility index (Phi) is 7.48. The molecule has 31 heavy (non-hydrogen) atoms. The second-order valence-corrected chi connectivity index (χ2v) is 7.53. The van der Waals surface area contributed by atoms with E-state index < -0.39 is 0 Å². The standard InChI is InChI=1S/C20H18Cl3N3O5/c1-26(19(27)10-30-16-8-13(22)12(21)7-14(16)23)9-18-24-25-20(31-18)11-4-5-15(28-2)17(6-11)29-3/h4-8H,9-10H2,1-3H3. The fourth-order valence-corrected chi connectivity index (χ4v) is 3.15. The first kappa shape index (κ1) is 23.0. The topological polar surface area (TPSA) is 86.9 Å². The molecule has 0 radical (unpaired) electrons. The first-order chi connectivity index (χ1) is 14.8. The van der Waals surface area contributed by atoms with Crippen molar-refractivity contribution in [1.82, 2.24) is 15.1 Å². The van der Waals surface area contributed by atoms with Crippen LogP contribution >= 0.6 is 34.8 Å². The van der Waals surface area contributed by atoms with Crippen molar-refractivity contribution in [2.24, 2.45) is 0 Å². The van der Waals surface area contributed by atoms with Crippen LogP contribution in [0, 0.1) is 0 Å². The summed E-state index contributed by atoms with van der Waals surface area (Å²) in [6.45, 7) is -0.164. The lowest BCUT2D eigenvalue weighted by molar-refractivity contribution is -0.132. The smallest absolute Gasteiger partial charge is 0.260 e. The van der Waals surface area contributed by atoms with Gasteiger partial charge >= 0.3 is 0 Å². The number of rotatable bonds is 8. The van der Waals surface area contributed by atoms with Crippen molar-refractivity contribution in [1.29, 1.82) is 0 Å². The molecule has 0 N–H and O–H groups in total. The number of amides is 1. The molecule has 0 bridgehead atoms. The number of hydrogen-bond acceptors (Lipinski definition) is 7. The molecule has 3 rings (SSSR count). The van der Waals surface area contributed by atoms with Gasteiger partial charge in [-0.1, -0.05) is 34.8 Å². The van der Waals surface area contributed by atoms with Gasteiger partial charge in [-0.15, -0.1) is 10.2 Å². The quantitative estimate of drug-likeness (QED) is 0.425. The predicted octanol–water partition coefficient (Wildman–Crippen LogP) is 4.75. The van der Waals surface area contributed by atoms with E-state index in [0.717, 1.165) is 0 Å². The lowest BCUT2D eigenvalue weighted by Gasteiger charge is -2.16. The van der Waals surface area contributed by atoms with Gasteiger partial charge in [0.05, 0.1) is 35.8 Å². The minimum Gasteiger partial charge on any atom is -0.493 e. The molecule has 164 valence electrons. The second-order valence-electron chi connectivity index (χ2n) is 6.31. The van der Waals surface area contributed by atoms with Crippen LogP contribution in [0.3, 0.4) is 0 Å². The molecule has 0 spiro atoms. The van der Waals surface area contributed by atoms with Gasteiger partial charge in [0.2, 0.25) is 11.8 Å². The Bertz CT molecular complexity index is 1090. The summed E-state index contributed by atoms with van der Waals surface area (Å²) >= 11 is 17.9. The van der Waals surface area contributed by atoms with Crippen LogP contribution in [0.15, 0.2) is 34.7 Å². The van der Waals surface area contributed by atoms with Gasteiger partial charge in [-0.05, 0) is 24.3 Å². The third-order valence-corrected chi connectivity index (χ3v) is 5.24. The van der Waals surface area contributed by atoms with E-state index in [-0.39, 0.29) is 46.6 Å². The number of carbonyl (C=O) groups excluding carboxylic acids is 1. The molecule has 0 atom stereocenters. The monoisotopic (exact) mass is 485 g/mol. The average Bonchev–Trinajstić information content (AvgIpc) is 3.22. The first-order valence-electron chi connectivity index (χ1n) is 8.88. The molecule has 1 amide bonds. The maximum atomic E-state index is 12.4. The van der Waals surface area contributed by atoms with E-state index in [1.165, 1.54) is 24.1 Å². The summed E-state index contributed by atoms with van der Waals surface area (Å²) in [5.74, 6) is 1.59. The van der Waals surface area contributed by atoms with E-state index in [9.17, 15) is 4.79 Å². The van der Waals surface area contributed by atoms with E-state index in [1.807, 2.05) is 0 Å². The highest BCUT2D eigenvalue weighted by molar-refractivity contribution is 6.43. The van der Waals surface area contributed by atoms with Crippen molar-refractivity contribution in [2.45, 2.75) is 6.54 Å². The number of hydrogen-bond donors (Lipinski definition) is 0. The van der Waals surface area contributed by atoms with Crippen molar-refractivity contribution >= 4 is 40.7 Å². The molecule has 0 unspecified atom stereocenters. The third-order valence-electron chi connectivity index (χ3n) is 4.22. The van der Waals surface area contributed by atoms with Crippen molar-refractivity contribution in [3.05, 3.63) is 51.3 Å². The number of carbonyl (C=O) groups is 1. The van der Waals surface area contributed by atoms with E-state index in [4.69, 9.17) is 53.4 Å². The molecule has 11 heteroatoms. The SMILES string of the molecule is COc1ccc(-c2nnc(CN(C)C(=O)COc3cc(Cl)c(Cl)cc3Cl)o2)cc1OC. The highest BCUT2D eigenvalue weighted by Gasteiger charge is 2.17. The fourth-order valence-electron chi connectivity index (χ4n) is 2.56. The second kappa shape index (κ2) is 10.1. The molecule has 1 heterocycles. The van der Waals surface area contributed by atoms with Crippen molar-refractivity contribution in [3.8, 4) is 28.7 Å². The molecule has 0 aliphatic carbocycles. The van der Waals surface area contributed by atoms with Crippen LogP contribution in [0.2, 0.25) is 15.1 Å². The van der Waals surface area contributed by atoms with E-state index in [2.05, 4.69) is 10.2 Å². The fraction of sp³-hybridized carbons (Fsp3) is 0.250. The summed E-state index contributed by atoms with van der Waals surface area (Å²) in [5, 5.41) is 8.84. The Morgan fingerprint density at radius 3 is 2.39 bits per heavy atom. The van der Waals surface area contributed by atoms with Crippen LogP contribution in [-0.4, -0.2) is 48.9 Å². The van der Waals surface area contributed by atoms with E-state index in [0.29, 0.717) is 22.1 Å². The number of benzene rings is 2. The maximum Gasteiger partial charge on any atom is 0.260 e. The number of halogens is 3. The van der Waals surface area contributed by atoms with Crippen molar-refractivity contribution < 1.29 is 23.4 Å².